The molecule has 72 valence electrons. The molecule has 1 aliphatic rings. The normalized spacial score (nSPS) is 22.0. The molecular weight excluding hydrogens is 186 g/mol. The predicted molar refractivity (Wildman–Crippen MR) is 60.7 cm³/mol. The van der Waals surface area contributed by atoms with Crippen LogP contribution >= 0.6 is 24.6 Å². The molecular formula is C9H19NS2. The minimum absolute atomic E-state index is 0.436. The third-order valence-electron chi connectivity index (χ3n) is 2.33. The van der Waals surface area contributed by atoms with Gasteiger partial charge in [-0.15, -0.1) is 0 Å². The summed E-state index contributed by atoms with van der Waals surface area (Å²) >= 11 is 6.30. The first-order valence-corrected chi connectivity index (χ1v) is 6.20. The lowest BCUT2D eigenvalue weighted by molar-refractivity contribution is 0.372. The van der Waals surface area contributed by atoms with Crippen LogP contribution in [0.25, 0.3) is 0 Å². The van der Waals surface area contributed by atoms with E-state index >= 15 is 0 Å². The smallest absolute Gasteiger partial charge is 0.0591 e. The zero-order valence-corrected chi connectivity index (χ0v) is 9.70. The highest BCUT2D eigenvalue weighted by molar-refractivity contribution is 8.08. The van der Waals surface area contributed by atoms with Gasteiger partial charge in [0.25, 0.3) is 0 Å². The molecule has 0 aliphatic heterocycles. The molecule has 0 spiro atoms. The van der Waals surface area contributed by atoms with Gasteiger partial charge in [-0.2, -0.15) is 12.6 Å². The van der Waals surface area contributed by atoms with E-state index in [0.717, 1.165) is 12.6 Å². The van der Waals surface area contributed by atoms with Gasteiger partial charge in [0.2, 0.25) is 0 Å². The van der Waals surface area contributed by atoms with Crippen LogP contribution in [0.15, 0.2) is 0 Å². The van der Waals surface area contributed by atoms with Crippen LogP contribution in [-0.4, -0.2) is 21.5 Å². The van der Waals surface area contributed by atoms with Crippen LogP contribution in [0.4, 0.5) is 0 Å². The molecule has 0 radical (unpaired) electrons. The maximum Gasteiger partial charge on any atom is 0.0591 e. The fourth-order valence-electron chi connectivity index (χ4n) is 1.81. The lowest BCUT2D eigenvalue weighted by Crippen LogP contribution is -2.27. The van der Waals surface area contributed by atoms with Crippen molar-refractivity contribution in [3.05, 3.63) is 0 Å². The van der Waals surface area contributed by atoms with Crippen molar-refractivity contribution in [2.45, 2.75) is 50.2 Å². The first-order chi connectivity index (χ1) is 5.74. The zero-order chi connectivity index (χ0) is 8.97. The topological polar surface area (TPSA) is 3.24 Å². The van der Waals surface area contributed by atoms with Gasteiger partial charge in [0.15, 0.2) is 0 Å². The largest absolute Gasteiger partial charge is 0.247 e. The molecule has 0 aromatic heterocycles. The average Bonchev–Trinajstić information content (AvgIpc) is 2.51. The zero-order valence-electron chi connectivity index (χ0n) is 7.99. The molecule has 0 bridgehead atoms. The molecule has 1 aliphatic carbocycles. The Balaban J connectivity index is 2.32. The summed E-state index contributed by atoms with van der Waals surface area (Å²) in [5.74, 6) is 0. The molecule has 1 nitrogen and oxygen atoms in total. The first kappa shape index (κ1) is 10.7. The molecule has 0 aromatic rings. The van der Waals surface area contributed by atoms with Gasteiger partial charge in [0.1, 0.15) is 0 Å². The Hall–Kier alpha value is 0.660. The van der Waals surface area contributed by atoms with Gasteiger partial charge in [-0.3, -0.25) is 0 Å². The molecule has 1 rings (SSSR count). The van der Waals surface area contributed by atoms with E-state index < -0.39 is 0 Å². The van der Waals surface area contributed by atoms with E-state index in [2.05, 4.69) is 30.8 Å². The Morgan fingerprint density at radius 1 is 1.50 bits per heavy atom. The molecule has 1 saturated carbocycles. The summed E-state index contributed by atoms with van der Waals surface area (Å²) in [6, 6.07) is 0.828. The summed E-state index contributed by atoms with van der Waals surface area (Å²) < 4.78 is 2.94. The van der Waals surface area contributed by atoms with E-state index in [1.54, 1.807) is 0 Å². The van der Waals surface area contributed by atoms with Crippen molar-refractivity contribution in [1.29, 1.82) is 0 Å². The van der Waals surface area contributed by atoms with Crippen LogP contribution in [0.2, 0.25) is 0 Å². The van der Waals surface area contributed by atoms with Gasteiger partial charge in [0, 0.05) is 12.6 Å². The lowest BCUT2D eigenvalue weighted by Gasteiger charge is -2.27. The van der Waals surface area contributed by atoms with Crippen LogP contribution in [0, 0.1) is 0 Å². The predicted octanol–water partition coefficient (Wildman–Crippen LogP) is 3.17. The Bertz CT molecular complexity index is 122. The van der Waals surface area contributed by atoms with Crippen molar-refractivity contribution >= 4 is 24.6 Å². The molecule has 1 unspecified atom stereocenters. The summed E-state index contributed by atoms with van der Waals surface area (Å²) in [5.41, 5.74) is 0. The third kappa shape index (κ3) is 3.19. The number of nitrogens with zero attached hydrogens (tertiary/aromatic N) is 1. The Kier molecular flexibility index (Phi) is 4.84. The van der Waals surface area contributed by atoms with Gasteiger partial charge in [-0.1, -0.05) is 31.7 Å². The van der Waals surface area contributed by atoms with E-state index in [1.165, 1.54) is 25.7 Å². The van der Waals surface area contributed by atoms with Gasteiger partial charge < -0.3 is 0 Å². The average molecular weight is 205 g/mol. The van der Waals surface area contributed by atoms with Crippen molar-refractivity contribution in [2.24, 2.45) is 0 Å². The SMILES string of the molecule is CCN(SC(C)S)C1CCCC1. The molecule has 0 heterocycles. The van der Waals surface area contributed by atoms with E-state index in [-0.39, 0.29) is 0 Å². The molecule has 0 N–H and O–H groups in total. The van der Waals surface area contributed by atoms with Crippen LogP contribution in [-0.2, 0) is 0 Å². The van der Waals surface area contributed by atoms with Crippen LogP contribution < -0.4 is 0 Å². The van der Waals surface area contributed by atoms with Crippen LogP contribution in [0.1, 0.15) is 39.5 Å². The maximum atomic E-state index is 4.41. The summed E-state index contributed by atoms with van der Waals surface area (Å²) in [4.78, 5) is 0. The molecule has 0 aromatic carbocycles. The summed E-state index contributed by atoms with van der Waals surface area (Å²) in [6.07, 6.45) is 5.62. The monoisotopic (exact) mass is 205 g/mol. The van der Waals surface area contributed by atoms with Gasteiger partial charge >= 0.3 is 0 Å². The number of hydrogen-bond acceptors (Lipinski definition) is 3. The second-order valence-corrected chi connectivity index (χ2v) is 5.89. The van der Waals surface area contributed by atoms with E-state index in [0.29, 0.717) is 4.58 Å². The standard InChI is InChI=1S/C9H19NS2/c1-3-10(12-8(2)11)9-6-4-5-7-9/h8-9,11H,3-7H2,1-2H3. The maximum absolute atomic E-state index is 4.41. The van der Waals surface area contributed by atoms with Crippen molar-refractivity contribution in [1.82, 2.24) is 4.31 Å². The molecule has 1 atom stereocenters. The minimum atomic E-state index is 0.436. The fraction of sp³-hybridized carbons (Fsp3) is 1.00. The van der Waals surface area contributed by atoms with Crippen molar-refractivity contribution < 1.29 is 0 Å². The Labute approximate surface area is 85.8 Å². The summed E-state index contributed by atoms with van der Waals surface area (Å²) in [6.45, 7) is 5.53. The third-order valence-corrected chi connectivity index (χ3v) is 3.75. The highest BCUT2D eigenvalue weighted by Crippen LogP contribution is 2.30. The van der Waals surface area contributed by atoms with Gasteiger partial charge in [-0.05, 0) is 19.8 Å². The highest BCUT2D eigenvalue weighted by atomic mass is 32.2. The fourth-order valence-corrected chi connectivity index (χ4v) is 3.09. The highest BCUT2D eigenvalue weighted by Gasteiger charge is 2.22. The second-order valence-electron chi connectivity index (χ2n) is 3.38. The molecule has 3 heteroatoms. The van der Waals surface area contributed by atoms with E-state index in [4.69, 9.17) is 0 Å². The Morgan fingerprint density at radius 2 is 2.08 bits per heavy atom. The molecule has 0 amide bonds. The summed E-state index contributed by atoms with van der Waals surface area (Å²) in [5, 5.41) is 0. The van der Waals surface area contributed by atoms with Gasteiger partial charge in [-0.25, -0.2) is 4.31 Å². The number of rotatable bonds is 4. The summed E-state index contributed by atoms with van der Waals surface area (Å²) in [7, 11) is 0. The van der Waals surface area contributed by atoms with Gasteiger partial charge in [0.05, 0.1) is 4.58 Å². The van der Waals surface area contributed by atoms with Crippen molar-refractivity contribution in [3.8, 4) is 0 Å². The van der Waals surface area contributed by atoms with E-state index in [9.17, 15) is 0 Å². The Morgan fingerprint density at radius 3 is 2.50 bits per heavy atom. The lowest BCUT2D eigenvalue weighted by atomic mass is 10.2. The van der Waals surface area contributed by atoms with Crippen LogP contribution in [0.3, 0.4) is 0 Å². The number of hydrogen-bond donors (Lipinski definition) is 1. The van der Waals surface area contributed by atoms with Crippen molar-refractivity contribution in [3.63, 3.8) is 0 Å². The number of thiol groups is 1. The van der Waals surface area contributed by atoms with Crippen LogP contribution in [0.5, 0.6) is 0 Å². The second kappa shape index (κ2) is 5.40. The quantitative estimate of drug-likeness (QED) is 0.426. The molecule has 12 heavy (non-hydrogen) atoms. The molecule has 0 saturated heterocycles. The molecule has 1 fully saturated rings. The van der Waals surface area contributed by atoms with Crippen molar-refractivity contribution in [2.75, 3.05) is 6.54 Å². The minimum Gasteiger partial charge on any atom is -0.247 e. The first-order valence-electron chi connectivity index (χ1n) is 4.85. The van der Waals surface area contributed by atoms with E-state index in [1.807, 2.05) is 11.9 Å².